The Morgan fingerprint density at radius 3 is 1.86 bits per heavy atom. The molecule has 0 saturated carbocycles. The van der Waals surface area contributed by atoms with Crippen LogP contribution < -0.4 is 0 Å². The maximum atomic E-state index is 10.7. The van der Waals surface area contributed by atoms with Crippen LogP contribution >= 0.6 is 11.6 Å². The molecule has 1 aromatic rings. The molecule has 0 fully saturated rings. The fourth-order valence-electron chi connectivity index (χ4n) is 0.867. The van der Waals surface area contributed by atoms with Gasteiger partial charge < -0.3 is 5.11 Å². The van der Waals surface area contributed by atoms with Crippen molar-refractivity contribution in [3.63, 3.8) is 0 Å². The average molecular weight is 209 g/mol. The summed E-state index contributed by atoms with van der Waals surface area (Å²) in [7, 11) is 0. The molecule has 0 saturated heterocycles. The molecule has 0 spiro atoms. The summed E-state index contributed by atoms with van der Waals surface area (Å²) in [6.07, 6.45) is 0. The van der Waals surface area contributed by atoms with E-state index < -0.39 is 5.97 Å². The van der Waals surface area contributed by atoms with E-state index in [1.54, 1.807) is 36.4 Å². The van der Waals surface area contributed by atoms with E-state index in [2.05, 4.69) is 0 Å². The zero-order valence-electron chi connectivity index (χ0n) is 7.35. The Kier molecular flexibility index (Phi) is 3.95. The zero-order chi connectivity index (χ0) is 10.4. The van der Waals surface area contributed by atoms with Crippen molar-refractivity contribution in [3.05, 3.63) is 59.1 Å². The predicted molar refractivity (Wildman–Crippen MR) is 56.0 cm³/mol. The first-order valence-electron chi connectivity index (χ1n) is 4.02. The topological polar surface area (TPSA) is 37.3 Å². The van der Waals surface area contributed by atoms with Gasteiger partial charge in [-0.05, 0) is 24.3 Å². The Morgan fingerprint density at radius 2 is 1.43 bits per heavy atom. The number of rotatable bonds is 1. The molecule has 1 aromatic carbocycles. The average Bonchev–Trinajstić information content (AvgIpc) is 2.15. The Hall–Kier alpha value is -1.54. The normalized spacial score (nSPS) is 8.93. The molecule has 0 aliphatic heterocycles. The van der Waals surface area contributed by atoms with Gasteiger partial charge in [0.25, 0.3) is 0 Å². The molecule has 0 radical (unpaired) electrons. The third kappa shape index (κ3) is 3.46. The van der Waals surface area contributed by atoms with Crippen molar-refractivity contribution in [1.82, 2.24) is 0 Å². The third-order valence-corrected chi connectivity index (χ3v) is 1.78. The second-order valence-electron chi connectivity index (χ2n) is 2.58. The maximum absolute atomic E-state index is 10.7. The molecule has 0 atom stereocenters. The van der Waals surface area contributed by atoms with E-state index >= 15 is 0 Å². The van der Waals surface area contributed by atoms with Gasteiger partial charge in [-0.15, -0.1) is 0 Å². The summed E-state index contributed by atoms with van der Waals surface area (Å²) in [5.41, 5.74) is 0.234. The van der Waals surface area contributed by atoms with Crippen LogP contribution in [-0.4, -0.2) is 11.1 Å². The van der Waals surface area contributed by atoms with E-state index in [0.717, 1.165) is 0 Å². The van der Waals surface area contributed by atoms with Crippen molar-refractivity contribution < 1.29 is 9.90 Å². The van der Waals surface area contributed by atoms with Gasteiger partial charge in [-0.25, -0.2) is 4.79 Å². The molecule has 1 N–H and O–H groups in total. The lowest BCUT2D eigenvalue weighted by atomic mass is 10.2. The standard InChI is InChI=1S/C11H9ClO2/c12-10-7-3-1-5-9(11(13)14)6-2-4-8-10/h1-8H,(H,13,14). The molecule has 0 heterocycles. The van der Waals surface area contributed by atoms with Crippen LogP contribution in [0.5, 0.6) is 0 Å². The van der Waals surface area contributed by atoms with Crippen LogP contribution in [0.15, 0.2) is 48.5 Å². The van der Waals surface area contributed by atoms with Gasteiger partial charge in [-0.2, -0.15) is 0 Å². The van der Waals surface area contributed by atoms with E-state index in [4.69, 9.17) is 16.7 Å². The number of hydrogen-bond donors (Lipinski definition) is 1. The van der Waals surface area contributed by atoms with Crippen LogP contribution in [0, 0.1) is 0 Å². The lowest BCUT2D eigenvalue weighted by Crippen LogP contribution is -1.92. The molecule has 0 unspecified atom stereocenters. The van der Waals surface area contributed by atoms with E-state index in [1.807, 2.05) is 0 Å². The summed E-state index contributed by atoms with van der Waals surface area (Å²) in [5.74, 6) is -0.949. The number of aromatic carboxylic acids is 1. The number of carboxylic acid groups (broad SMARTS) is 1. The molecule has 0 amide bonds. The maximum Gasteiger partial charge on any atom is 0.335 e. The van der Waals surface area contributed by atoms with Gasteiger partial charge in [0.1, 0.15) is 0 Å². The van der Waals surface area contributed by atoms with E-state index in [9.17, 15) is 4.79 Å². The molecule has 1 rings (SSSR count). The predicted octanol–water partition coefficient (Wildman–Crippen LogP) is 3.16. The minimum atomic E-state index is -0.949. The fourth-order valence-corrected chi connectivity index (χ4v) is 1.01. The van der Waals surface area contributed by atoms with Gasteiger partial charge in [0.05, 0.1) is 5.56 Å². The summed E-state index contributed by atoms with van der Waals surface area (Å²) in [6.45, 7) is 0. The highest BCUT2D eigenvalue weighted by Gasteiger charge is 1.95. The van der Waals surface area contributed by atoms with Gasteiger partial charge in [0.2, 0.25) is 0 Å². The summed E-state index contributed by atoms with van der Waals surface area (Å²) in [6, 6.07) is 13.0. The summed E-state index contributed by atoms with van der Waals surface area (Å²) >= 11 is 5.77. The fraction of sp³-hybridized carbons (Fsp3) is 0. The molecular weight excluding hydrogens is 200 g/mol. The minimum Gasteiger partial charge on any atom is -0.478 e. The SMILES string of the molecule is O=C(O)c1ccccc(Cl)cccc1. The summed E-state index contributed by atoms with van der Waals surface area (Å²) in [5, 5.41) is 9.35. The molecule has 2 nitrogen and oxygen atoms in total. The molecular formula is C11H9ClO2. The minimum absolute atomic E-state index is 0.234. The first-order chi connectivity index (χ1) is 6.70. The Labute approximate surface area is 87.1 Å². The second kappa shape index (κ2) is 5.25. The zero-order valence-corrected chi connectivity index (χ0v) is 8.11. The first kappa shape index (κ1) is 10.5. The van der Waals surface area contributed by atoms with Crippen molar-refractivity contribution in [2.24, 2.45) is 0 Å². The number of carboxylic acids is 1. The van der Waals surface area contributed by atoms with Crippen LogP contribution in [-0.2, 0) is 0 Å². The Morgan fingerprint density at radius 1 is 1.00 bits per heavy atom. The number of halogens is 1. The molecule has 72 valence electrons. The highest BCUT2D eigenvalue weighted by atomic mass is 35.5. The van der Waals surface area contributed by atoms with Crippen LogP contribution in [0.1, 0.15) is 10.4 Å². The van der Waals surface area contributed by atoms with Gasteiger partial charge in [-0.1, -0.05) is 35.9 Å². The van der Waals surface area contributed by atoms with E-state index in [1.165, 1.54) is 12.1 Å². The van der Waals surface area contributed by atoms with Crippen molar-refractivity contribution in [1.29, 1.82) is 0 Å². The Balaban J connectivity index is 3.24. The van der Waals surface area contributed by atoms with Gasteiger partial charge in [0, 0.05) is 5.02 Å². The van der Waals surface area contributed by atoms with Crippen molar-refractivity contribution in [2.45, 2.75) is 0 Å². The van der Waals surface area contributed by atoms with Gasteiger partial charge >= 0.3 is 5.97 Å². The molecule has 3 heteroatoms. The summed E-state index contributed by atoms with van der Waals surface area (Å²) < 4.78 is 0. The quantitative estimate of drug-likeness (QED) is 0.770. The molecule has 0 aromatic heterocycles. The lowest BCUT2D eigenvalue weighted by molar-refractivity contribution is 0.0697. The van der Waals surface area contributed by atoms with Crippen molar-refractivity contribution in [3.8, 4) is 0 Å². The third-order valence-electron chi connectivity index (χ3n) is 1.53. The largest absolute Gasteiger partial charge is 0.478 e. The monoisotopic (exact) mass is 208 g/mol. The Bertz CT molecular complexity index is 359. The van der Waals surface area contributed by atoms with Gasteiger partial charge in [-0.3, -0.25) is 0 Å². The smallest absolute Gasteiger partial charge is 0.335 e. The van der Waals surface area contributed by atoms with Crippen LogP contribution in [0.4, 0.5) is 0 Å². The van der Waals surface area contributed by atoms with Crippen LogP contribution in [0.3, 0.4) is 0 Å². The van der Waals surface area contributed by atoms with Crippen LogP contribution in [0.2, 0.25) is 5.02 Å². The lowest BCUT2D eigenvalue weighted by Gasteiger charge is -1.87. The van der Waals surface area contributed by atoms with Crippen molar-refractivity contribution in [2.75, 3.05) is 0 Å². The first-order valence-corrected chi connectivity index (χ1v) is 4.40. The van der Waals surface area contributed by atoms with E-state index in [-0.39, 0.29) is 5.56 Å². The van der Waals surface area contributed by atoms with Gasteiger partial charge in [0.15, 0.2) is 0 Å². The molecule has 0 aliphatic rings. The highest BCUT2D eigenvalue weighted by molar-refractivity contribution is 6.30. The number of hydrogen-bond acceptors (Lipinski definition) is 1. The van der Waals surface area contributed by atoms with E-state index in [0.29, 0.717) is 5.02 Å². The molecule has 0 bridgehead atoms. The molecule has 0 aliphatic carbocycles. The summed E-state index contributed by atoms with van der Waals surface area (Å²) in [4.78, 5) is 10.7. The number of carbonyl (C=O) groups is 1. The second-order valence-corrected chi connectivity index (χ2v) is 3.02. The van der Waals surface area contributed by atoms with Crippen LogP contribution in [0.25, 0.3) is 0 Å². The highest BCUT2D eigenvalue weighted by Crippen LogP contribution is 2.03. The molecule has 14 heavy (non-hydrogen) atoms. The van der Waals surface area contributed by atoms with Crippen molar-refractivity contribution >= 4 is 17.6 Å².